The lowest BCUT2D eigenvalue weighted by Crippen LogP contribution is -2.56. The molecule has 0 radical (unpaired) electrons. The van der Waals surface area contributed by atoms with Gasteiger partial charge in [0.2, 0.25) is 5.91 Å². The van der Waals surface area contributed by atoms with Gasteiger partial charge in [-0.3, -0.25) is 9.59 Å². The fourth-order valence-electron chi connectivity index (χ4n) is 4.25. The predicted octanol–water partition coefficient (Wildman–Crippen LogP) is 0.979. The molecule has 1 N–H and O–H groups in total. The number of nitrogens with zero attached hydrogens (tertiary/aromatic N) is 4. The Balaban J connectivity index is 1.54. The largest absolute Gasteiger partial charge is 0.481 e. The molecule has 0 aromatic carbocycles. The number of carboxylic acids is 1. The number of aryl methyl sites for hydroxylation is 2. The first-order chi connectivity index (χ1) is 11.4. The van der Waals surface area contributed by atoms with Gasteiger partial charge in [0.1, 0.15) is 5.82 Å². The third kappa shape index (κ3) is 2.92. The fraction of sp³-hybridized carbons (Fsp3) is 0.706. The van der Waals surface area contributed by atoms with Crippen LogP contribution in [0.5, 0.6) is 0 Å². The SMILES string of the molecule is Cc1nccn1CCCN1CCC2(CC1)C(C(=O)O)CC(=O)N2C. The van der Waals surface area contributed by atoms with Crippen LogP contribution in [0.15, 0.2) is 12.4 Å². The molecule has 1 atom stereocenters. The zero-order valence-corrected chi connectivity index (χ0v) is 14.4. The Hall–Kier alpha value is -1.89. The van der Waals surface area contributed by atoms with Gasteiger partial charge in [-0.2, -0.15) is 0 Å². The van der Waals surface area contributed by atoms with E-state index in [1.54, 1.807) is 11.9 Å². The van der Waals surface area contributed by atoms with Gasteiger partial charge in [-0.15, -0.1) is 0 Å². The molecule has 2 aliphatic heterocycles. The molecular weight excluding hydrogens is 308 g/mol. The number of hydrogen-bond acceptors (Lipinski definition) is 4. The van der Waals surface area contributed by atoms with Crippen LogP contribution in [0.4, 0.5) is 0 Å². The Morgan fingerprint density at radius 3 is 2.67 bits per heavy atom. The van der Waals surface area contributed by atoms with Gasteiger partial charge < -0.3 is 19.5 Å². The topological polar surface area (TPSA) is 78.7 Å². The van der Waals surface area contributed by atoms with Crippen molar-refractivity contribution in [3.63, 3.8) is 0 Å². The summed E-state index contributed by atoms with van der Waals surface area (Å²) in [7, 11) is 1.77. The molecule has 2 fully saturated rings. The number of imidazole rings is 1. The second-order valence-electron chi connectivity index (χ2n) is 7.01. The molecule has 3 heterocycles. The van der Waals surface area contributed by atoms with Gasteiger partial charge in [0, 0.05) is 45.5 Å². The van der Waals surface area contributed by atoms with E-state index in [9.17, 15) is 14.7 Å². The summed E-state index contributed by atoms with van der Waals surface area (Å²) in [6.45, 7) is 5.64. The molecule has 1 amide bonds. The monoisotopic (exact) mass is 334 g/mol. The number of amides is 1. The van der Waals surface area contributed by atoms with E-state index in [1.807, 2.05) is 19.3 Å². The van der Waals surface area contributed by atoms with Crippen molar-refractivity contribution in [2.45, 2.75) is 44.7 Å². The predicted molar refractivity (Wildman–Crippen MR) is 88.5 cm³/mol. The normalized spacial score (nSPS) is 24.0. The molecule has 0 aliphatic carbocycles. The van der Waals surface area contributed by atoms with Crippen molar-refractivity contribution in [2.24, 2.45) is 5.92 Å². The number of piperidine rings is 1. The van der Waals surface area contributed by atoms with E-state index in [-0.39, 0.29) is 12.3 Å². The van der Waals surface area contributed by atoms with Crippen LogP contribution < -0.4 is 0 Å². The van der Waals surface area contributed by atoms with E-state index in [2.05, 4.69) is 14.5 Å². The van der Waals surface area contributed by atoms with E-state index in [0.717, 1.165) is 51.3 Å². The maximum Gasteiger partial charge on any atom is 0.309 e. The molecule has 2 saturated heterocycles. The van der Waals surface area contributed by atoms with Crippen molar-refractivity contribution in [1.29, 1.82) is 0 Å². The number of carbonyl (C=O) groups excluding carboxylic acids is 1. The lowest BCUT2D eigenvalue weighted by Gasteiger charge is -2.45. The lowest BCUT2D eigenvalue weighted by molar-refractivity contribution is -0.146. The molecule has 3 rings (SSSR count). The van der Waals surface area contributed by atoms with E-state index in [0.29, 0.717) is 0 Å². The van der Waals surface area contributed by atoms with Gasteiger partial charge in [0.15, 0.2) is 0 Å². The summed E-state index contributed by atoms with van der Waals surface area (Å²) >= 11 is 0. The van der Waals surface area contributed by atoms with Crippen LogP contribution in [0.1, 0.15) is 31.5 Å². The first kappa shape index (κ1) is 17.0. The van der Waals surface area contributed by atoms with Crippen molar-refractivity contribution in [2.75, 3.05) is 26.7 Å². The molecule has 1 aromatic heterocycles. The van der Waals surface area contributed by atoms with Gasteiger partial charge in [0.05, 0.1) is 11.5 Å². The second kappa shape index (κ2) is 6.55. The van der Waals surface area contributed by atoms with E-state index in [4.69, 9.17) is 0 Å². The van der Waals surface area contributed by atoms with Crippen molar-refractivity contribution in [3.05, 3.63) is 18.2 Å². The third-order valence-corrected chi connectivity index (χ3v) is 5.89. The molecule has 132 valence electrons. The van der Waals surface area contributed by atoms with Crippen LogP contribution in [0, 0.1) is 12.8 Å². The van der Waals surface area contributed by atoms with E-state index in [1.165, 1.54) is 0 Å². The van der Waals surface area contributed by atoms with E-state index < -0.39 is 17.4 Å². The second-order valence-corrected chi connectivity index (χ2v) is 7.01. The maximum absolute atomic E-state index is 12.0. The van der Waals surface area contributed by atoms with Crippen LogP contribution in [-0.4, -0.2) is 68.6 Å². The Labute approximate surface area is 142 Å². The average Bonchev–Trinajstić information content (AvgIpc) is 3.07. The van der Waals surface area contributed by atoms with Crippen LogP contribution in [0.3, 0.4) is 0 Å². The molecule has 7 nitrogen and oxygen atoms in total. The van der Waals surface area contributed by atoms with Gasteiger partial charge in [-0.1, -0.05) is 0 Å². The maximum atomic E-state index is 12.0. The standard InChI is InChI=1S/C17H26N4O3/c1-13-18-6-11-21(13)8-3-7-20-9-4-17(5-10-20)14(16(23)24)12-15(22)19(17)2/h6,11,14H,3-5,7-10,12H2,1-2H3,(H,23,24). The van der Waals surface area contributed by atoms with Crippen molar-refractivity contribution >= 4 is 11.9 Å². The van der Waals surface area contributed by atoms with Crippen LogP contribution in [0.2, 0.25) is 0 Å². The first-order valence-corrected chi connectivity index (χ1v) is 8.63. The lowest BCUT2D eigenvalue weighted by atomic mass is 9.77. The van der Waals surface area contributed by atoms with E-state index >= 15 is 0 Å². The van der Waals surface area contributed by atoms with Crippen molar-refractivity contribution < 1.29 is 14.7 Å². The summed E-state index contributed by atoms with van der Waals surface area (Å²) in [6, 6.07) is 0. The highest BCUT2D eigenvalue weighted by atomic mass is 16.4. The smallest absolute Gasteiger partial charge is 0.309 e. The number of hydrogen-bond donors (Lipinski definition) is 1. The quantitative estimate of drug-likeness (QED) is 0.868. The number of carboxylic acid groups (broad SMARTS) is 1. The highest BCUT2D eigenvalue weighted by molar-refractivity contribution is 5.88. The Bertz CT molecular complexity index is 619. The summed E-state index contributed by atoms with van der Waals surface area (Å²) in [5.41, 5.74) is -0.486. The molecule has 2 aliphatic rings. The zero-order valence-electron chi connectivity index (χ0n) is 14.4. The van der Waals surface area contributed by atoms with Crippen molar-refractivity contribution in [1.82, 2.24) is 19.4 Å². The average molecular weight is 334 g/mol. The molecular formula is C17H26N4O3. The molecule has 1 unspecified atom stereocenters. The summed E-state index contributed by atoms with van der Waals surface area (Å²) in [5.74, 6) is -0.406. The Kier molecular flexibility index (Phi) is 4.62. The Morgan fingerprint density at radius 2 is 2.08 bits per heavy atom. The van der Waals surface area contributed by atoms with Crippen LogP contribution >= 0.6 is 0 Å². The highest BCUT2D eigenvalue weighted by Crippen LogP contribution is 2.42. The number of carbonyl (C=O) groups is 2. The molecule has 1 spiro atoms. The van der Waals surface area contributed by atoms with Crippen molar-refractivity contribution in [3.8, 4) is 0 Å². The molecule has 7 heteroatoms. The minimum absolute atomic E-state index is 0.0357. The first-order valence-electron chi connectivity index (χ1n) is 8.63. The van der Waals surface area contributed by atoms with Gasteiger partial charge >= 0.3 is 5.97 Å². The minimum Gasteiger partial charge on any atom is -0.481 e. The molecule has 1 aromatic rings. The molecule has 24 heavy (non-hydrogen) atoms. The van der Waals surface area contributed by atoms with Gasteiger partial charge in [-0.25, -0.2) is 4.98 Å². The molecule has 0 bridgehead atoms. The summed E-state index contributed by atoms with van der Waals surface area (Å²) in [6.07, 6.45) is 6.50. The number of aliphatic carboxylic acids is 1. The summed E-state index contributed by atoms with van der Waals surface area (Å²) < 4.78 is 2.15. The van der Waals surface area contributed by atoms with Gasteiger partial charge in [-0.05, 0) is 32.7 Å². The summed E-state index contributed by atoms with van der Waals surface area (Å²) in [4.78, 5) is 31.9. The number of rotatable bonds is 5. The van der Waals surface area contributed by atoms with Crippen LogP contribution in [-0.2, 0) is 16.1 Å². The number of likely N-dealkylation sites (tertiary alicyclic amines) is 2. The summed E-state index contributed by atoms with van der Waals surface area (Å²) in [5, 5.41) is 9.50. The third-order valence-electron chi connectivity index (χ3n) is 5.89. The Morgan fingerprint density at radius 1 is 1.38 bits per heavy atom. The highest BCUT2D eigenvalue weighted by Gasteiger charge is 2.55. The fourth-order valence-corrected chi connectivity index (χ4v) is 4.25. The number of aromatic nitrogens is 2. The van der Waals surface area contributed by atoms with Crippen LogP contribution in [0.25, 0.3) is 0 Å². The zero-order chi connectivity index (χ0) is 17.3. The van der Waals surface area contributed by atoms with Gasteiger partial charge in [0.25, 0.3) is 0 Å². The minimum atomic E-state index is -0.836. The molecule has 0 saturated carbocycles.